The quantitative estimate of drug-likeness (QED) is 0.718. The predicted octanol–water partition coefficient (Wildman–Crippen LogP) is 0.0468. The molecule has 1 saturated carbocycles. The van der Waals surface area contributed by atoms with Crippen molar-refractivity contribution in [3.8, 4) is 0 Å². The zero-order valence-electron chi connectivity index (χ0n) is 11.6. The van der Waals surface area contributed by atoms with E-state index in [1.165, 1.54) is 0 Å². The Morgan fingerprint density at radius 2 is 1.80 bits per heavy atom. The van der Waals surface area contributed by atoms with E-state index in [-0.39, 0.29) is 54.6 Å². The molecule has 1 saturated heterocycles. The summed E-state index contributed by atoms with van der Waals surface area (Å²) in [6, 6.07) is -0.150. The lowest BCUT2D eigenvalue weighted by Crippen LogP contribution is -2.45. The molecule has 0 radical (unpaired) electrons. The van der Waals surface area contributed by atoms with Crippen LogP contribution in [0.1, 0.15) is 32.6 Å². The van der Waals surface area contributed by atoms with E-state index in [4.69, 9.17) is 5.73 Å². The molecular formula is C13H22ClN3O3. The topological polar surface area (TPSA) is 92.5 Å². The molecule has 1 heterocycles. The lowest BCUT2D eigenvalue weighted by molar-refractivity contribution is -0.143. The van der Waals surface area contributed by atoms with E-state index in [1.807, 2.05) is 0 Å². The molecule has 0 aromatic heterocycles. The molecule has 0 spiro atoms. The Hall–Kier alpha value is -1.14. The maximum absolute atomic E-state index is 12.1. The molecule has 7 heteroatoms. The van der Waals surface area contributed by atoms with Crippen molar-refractivity contribution in [2.24, 2.45) is 17.6 Å². The minimum absolute atomic E-state index is 0. The number of amides is 3. The third-order valence-corrected chi connectivity index (χ3v) is 4.00. The molecule has 3 N–H and O–H groups in total. The zero-order valence-corrected chi connectivity index (χ0v) is 12.4. The van der Waals surface area contributed by atoms with Crippen molar-refractivity contribution in [2.75, 3.05) is 13.1 Å². The summed E-state index contributed by atoms with van der Waals surface area (Å²) in [7, 11) is 0. The van der Waals surface area contributed by atoms with Crippen LogP contribution in [0.4, 0.5) is 0 Å². The van der Waals surface area contributed by atoms with E-state index in [9.17, 15) is 14.4 Å². The highest BCUT2D eigenvalue weighted by Crippen LogP contribution is 2.37. The molecule has 3 amide bonds. The summed E-state index contributed by atoms with van der Waals surface area (Å²) in [6.07, 6.45) is 3.52. The summed E-state index contributed by atoms with van der Waals surface area (Å²) in [6.45, 7) is 1.94. The number of hydrogen-bond donors (Lipinski definition) is 2. The number of rotatable bonds is 4. The Morgan fingerprint density at radius 1 is 1.30 bits per heavy atom. The highest BCUT2D eigenvalue weighted by Gasteiger charge is 2.48. The van der Waals surface area contributed by atoms with Gasteiger partial charge < -0.3 is 11.1 Å². The summed E-state index contributed by atoms with van der Waals surface area (Å²) in [5.41, 5.74) is 5.42. The largest absolute Gasteiger partial charge is 0.351 e. The van der Waals surface area contributed by atoms with Gasteiger partial charge in [-0.2, -0.15) is 0 Å². The highest BCUT2D eigenvalue weighted by molar-refractivity contribution is 6.07. The first kappa shape index (κ1) is 16.9. The van der Waals surface area contributed by atoms with Gasteiger partial charge in [0.15, 0.2) is 0 Å². The Balaban J connectivity index is 0.00000200. The van der Waals surface area contributed by atoms with Crippen molar-refractivity contribution in [3.63, 3.8) is 0 Å². The van der Waals surface area contributed by atoms with Crippen molar-refractivity contribution < 1.29 is 14.4 Å². The number of likely N-dealkylation sites (tertiary alicyclic amines) is 1. The van der Waals surface area contributed by atoms with E-state index in [0.29, 0.717) is 6.54 Å². The van der Waals surface area contributed by atoms with Gasteiger partial charge >= 0.3 is 0 Å². The molecular weight excluding hydrogens is 282 g/mol. The van der Waals surface area contributed by atoms with Gasteiger partial charge in [0.2, 0.25) is 17.7 Å². The standard InChI is InChI=1S/C13H21N3O3.ClH/c1-8(6-14)15-11(17)7-16-12(18)9-4-2-3-5-10(9)13(16)19;/h8-10H,2-7,14H2,1H3,(H,15,17);1H/t8-,9?,10?;/m0./s1. The van der Waals surface area contributed by atoms with Crippen molar-refractivity contribution in [2.45, 2.75) is 38.6 Å². The molecule has 2 unspecified atom stereocenters. The van der Waals surface area contributed by atoms with E-state index in [0.717, 1.165) is 30.6 Å². The SMILES string of the molecule is C[C@@H](CN)NC(=O)CN1C(=O)C2CCCCC2C1=O.Cl. The summed E-state index contributed by atoms with van der Waals surface area (Å²) < 4.78 is 0. The van der Waals surface area contributed by atoms with Crippen LogP contribution in [-0.4, -0.2) is 41.8 Å². The smallest absolute Gasteiger partial charge is 0.240 e. The molecule has 1 aliphatic heterocycles. The number of nitrogens with zero attached hydrogens (tertiary/aromatic N) is 1. The predicted molar refractivity (Wildman–Crippen MR) is 76.1 cm³/mol. The van der Waals surface area contributed by atoms with Crippen molar-refractivity contribution in [1.82, 2.24) is 10.2 Å². The van der Waals surface area contributed by atoms with Crippen LogP contribution >= 0.6 is 12.4 Å². The molecule has 2 aliphatic rings. The molecule has 0 aromatic rings. The second-order valence-corrected chi connectivity index (χ2v) is 5.46. The van der Waals surface area contributed by atoms with Gasteiger partial charge in [-0.25, -0.2) is 0 Å². The van der Waals surface area contributed by atoms with Crippen LogP contribution in [0.25, 0.3) is 0 Å². The number of nitrogens with one attached hydrogen (secondary N) is 1. The fourth-order valence-electron chi connectivity index (χ4n) is 2.91. The van der Waals surface area contributed by atoms with Gasteiger partial charge in [0.1, 0.15) is 6.54 Å². The van der Waals surface area contributed by atoms with Crippen molar-refractivity contribution in [3.05, 3.63) is 0 Å². The van der Waals surface area contributed by atoms with Crippen LogP contribution in [0, 0.1) is 11.8 Å². The number of halogens is 1. The minimum atomic E-state index is -0.321. The zero-order chi connectivity index (χ0) is 14.0. The maximum Gasteiger partial charge on any atom is 0.240 e. The van der Waals surface area contributed by atoms with Crippen molar-refractivity contribution >= 4 is 30.1 Å². The van der Waals surface area contributed by atoms with Crippen molar-refractivity contribution in [1.29, 1.82) is 0 Å². The number of imide groups is 1. The third kappa shape index (κ3) is 3.30. The van der Waals surface area contributed by atoms with Crippen LogP contribution in [0.3, 0.4) is 0 Å². The number of nitrogens with two attached hydrogens (primary N) is 1. The van der Waals surface area contributed by atoms with Gasteiger partial charge in [-0.1, -0.05) is 12.8 Å². The first-order valence-corrected chi connectivity index (χ1v) is 6.89. The van der Waals surface area contributed by atoms with E-state index < -0.39 is 0 Å². The number of carbonyl (C=O) groups is 3. The summed E-state index contributed by atoms with van der Waals surface area (Å²) in [5.74, 6) is -1.06. The molecule has 1 aliphatic carbocycles. The Bertz CT molecular complexity index is 378. The summed E-state index contributed by atoms with van der Waals surface area (Å²) in [5, 5.41) is 2.67. The van der Waals surface area contributed by atoms with Crippen LogP contribution < -0.4 is 11.1 Å². The van der Waals surface area contributed by atoms with Gasteiger partial charge in [0, 0.05) is 12.6 Å². The number of hydrogen-bond acceptors (Lipinski definition) is 4. The third-order valence-electron chi connectivity index (χ3n) is 4.00. The Labute approximate surface area is 124 Å². The van der Waals surface area contributed by atoms with Gasteiger partial charge in [-0.15, -0.1) is 12.4 Å². The maximum atomic E-state index is 12.1. The Kier molecular flexibility index (Phi) is 5.95. The van der Waals surface area contributed by atoms with Gasteiger partial charge in [-0.05, 0) is 19.8 Å². The van der Waals surface area contributed by atoms with Gasteiger partial charge in [0.05, 0.1) is 11.8 Å². The minimum Gasteiger partial charge on any atom is -0.351 e. The highest BCUT2D eigenvalue weighted by atomic mass is 35.5. The number of fused-ring (bicyclic) bond motifs is 1. The van der Waals surface area contributed by atoms with Gasteiger partial charge in [0.25, 0.3) is 0 Å². The van der Waals surface area contributed by atoms with E-state index >= 15 is 0 Å². The average Bonchev–Trinajstić information content (AvgIpc) is 2.64. The monoisotopic (exact) mass is 303 g/mol. The molecule has 20 heavy (non-hydrogen) atoms. The summed E-state index contributed by atoms with van der Waals surface area (Å²) >= 11 is 0. The van der Waals surface area contributed by atoms with Crippen LogP contribution in [0.2, 0.25) is 0 Å². The molecule has 0 bridgehead atoms. The van der Waals surface area contributed by atoms with Crippen LogP contribution in [0.5, 0.6) is 0 Å². The fourth-order valence-corrected chi connectivity index (χ4v) is 2.91. The fraction of sp³-hybridized carbons (Fsp3) is 0.769. The second kappa shape index (κ2) is 7.04. The lowest BCUT2D eigenvalue weighted by Gasteiger charge is -2.19. The molecule has 3 atom stereocenters. The van der Waals surface area contributed by atoms with E-state index in [1.54, 1.807) is 6.92 Å². The normalized spacial score (nSPS) is 26.8. The van der Waals surface area contributed by atoms with Crippen LogP contribution in [-0.2, 0) is 14.4 Å². The molecule has 2 fully saturated rings. The van der Waals surface area contributed by atoms with Gasteiger partial charge in [-0.3, -0.25) is 19.3 Å². The average molecular weight is 304 g/mol. The summed E-state index contributed by atoms with van der Waals surface area (Å²) in [4.78, 5) is 37.2. The van der Waals surface area contributed by atoms with E-state index in [2.05, 4.69) is 5.32 Å². The molecule has 0 aromatic carbocycles. The first-order valence-electron chi connectivity index (χ1n) is 6.89. The first-order chi connectivity index (χ1) is 9.04. The van der Waals surface area contributed by atoms with Crippen LogP contribution in [0.15, 0.2) is 0 Å². The molecule has 114 valence electrons. The molecule has 2 rings (SSSR count). The lowest BCUT2D eigenvalue weighted by atomic mass is 9.81. The molecule has 6 nitrogen and oxygen atoms in total. The number of carbonyl (C=O) groups excluding carboxylic acids is 3. The Morgan fingerprint density at radius 3 is 2.25 bits per heavy atom. The second-order valence-electron chi connectivity index (χ2n) is 5.46.